The molecule has 0 fully saturated rings. The van der Waals surface area contributed by atoms with E-state index < -0.39 is 16.1 Å². The van der Waals surface area contributed by atoms with Crippen LogP contribution in [-0.4, -0.2) is 20.9 Å². The van der Waals surface area contributed by atoms with Crippen molar-refractivity contribution >= 4 is 33.2 Å². The molecule has 0 aliphatic carbocycles. The summed E-state index contributed by atoms with van der Waals surface area (Å²) in [7, 11) is -3.99. The average molecular weight is 519 g/mol. The van der Waals surface area contributed by atoms with E-state index in [0.29, 0.717) is 28.6 Å². The molecule has 6 nitrogen and oxygen atoms in total. The van der Waals surface area contributed by atoms with Crippen LogP contribution in [0.5, 0.6) is 5.75 Å². The molecule has 0 saturated heterocycles. The Morgan fingerprint density at radius 1 is 0.917 bits per heavy atom. The highest BCUT2D eigenvalue weighted by Gasteiger charge is 2.38. The van der Waals surface area contributed by atoms with Crippen molar-refractivity contribution in [2.75, 3.05) is 10.9 Å². The summed E-state index contributed by atoms with van der Waals surface area (Å²) in [6.45, 7) is 0.465. The SMILES string of the molecule is O=C(NCc1ccccc1)c1ccc2c(c1)N(S(=O)(=O)c1ccccc1)C(c1ccc(Cl)cc1)CO2. The number of halogens is 1. The zero-order valence-electron chi connectivity index (χ0n) is 19.2. The molecule has 1 amide bonds. The normalized spacial score (nSPS) is 15.0. The van der Waals surface area contributed by atoms with Gasteiger partial charge in [0.15, 0.2) is 0 Å². The highest BCUT2D eigenvalue weighted by Crippen LogP contribution is 2.43. The van der Waals surface area contributed by atoms with E-state index in [9.17, 15) is 13.2 Å². The number of sulfonamides is 1. The number of rotatable bonds is 6. The molecule has 1 aliphatic heterocycles. The predicted molar refractivity (Wildman–Crippen MR) is 140 cm³/mol. The number of nitrogens with zero attached hydrogens (tertiary/aromatic N) is 1. The summed E-state index contributed by atoms with van der Waals surface area (Å²) < 4.78 is 35.2. The maximum atomic E-state index is 13.9. The third kappa shape index (κ3) is 4.80. The van der Waals surface area contributed by atoms with Crippen molar-refractivity contribution in [3.8, 4) is 5.75 Å². The van der Waals surface area contributed by atoms with Crippen molar-refractivity contribution in [1.29, 1.82) is 0 Å². The standard InChI is InChI=1S/C28H23ClN2O4S/c29-23-14-11-21(12-15-23)26-19-35-27-16-13-22(28(32)30-18-20-7-3-1-4-8-20)17-25(27)31(26)36(33,34)24-9-5-2-6-10-24/h1-17,26H,18-19H2,(H,30,32). The lowest BCUT2D eigenvalue weighted by Gasteiger charge is -2.38. The van der Waals surface area contributed by atoms with Crippen LogP contribution in [0.1, 0.15) is 27.5 Å². The summed E-state index contributed by atoms with van der Waals surface area (Å²) in [5.74, 6) is 0.0756. The van der Waals surface area contributed by atoms with Gasteiger partial charge in [0.25, 0.3) is 15.9 Å². The quantitative estimate of drug-likeness (QED) is 0.360. The molecule has 182 valence electrons. The Hall–Kier alpha value is -3.81. The molecule has 0 bridgehead atoms. The molecule has 1 unspecified atom stereocenters. The van der Waals surface area contributed by atoms with Crippen LogP contribution in [-0.2, 0) is 16.6 Å². The molecule has 0 saturated carbocycles. The lowest BCUT2D eigenvalue weighted by molar-refractivity contribution is 0.0951. The van der Waals surface area contributed by atoms with E-state index in [-0.39, 0.29) is 17.4 Å². The summed E-state index contributed by atoms with van der Waals surface area (Å²) >= 11 is 6.08. The van der Waals surface area contributed by atoms with E-state index in [2.05, 4.69) is 5.32 Å². The van der Waals surface area contributed by atoms with Gasteiger partial charge >= 0.3 is 0 Å². The third-order valence-corrected chi connectivity index (χ3v) is 8.08. The first-order valence-electron chi connectivity index (χ1n) is 11.4. The number of amides is 1. The van der Waals surface area contributed by atoms with Crippen molar-refractivity contribution in [3.63, 3.8) is 0 Å². The second-order valence-electron chi connectivity index (χ2n) is 8.34. The number of benzene rings is 4. The maximum Gasteiger partial charge on any atom is 0.265 e. The molecule has 0 aromatic heterocycles. The Morgan fingerprint density at radius 2 is 1.58 bits per heavy atom. The Morgan fingerprint density at radius 3 is 2.28 bits per heavy atom. The van der Waals surface area contributed by atoms with Crippen molar-refractivity contribution in [1.82, 2.24) is 5.32 Å². The minimum atomic E-state index is -3.99. The molecule has 4 aromatic rings. The van der Waals surface area contributed by atoms with Gasteiger partial charge in [-0.05, 0) is 53.6 Å². The van der Waals surface area contributed by atoms with Gasteiger partial charge in [0.1, 0.15) is 18.4 Å². The maximum absolute atomic E-state index is 13.9. The van der Waals surface area contributed by atoms with Gasteiger partial charge in [-0.15, -0.1) is 0 Å². The van der Waals surface area contributed by atoms with Gasteiger partial charge in [-0.1, -0.05) is 72.3 Å². The van der Waals surface area contributed by atoms with Gasteiger partial charge in [0.05, 0.1) is 10.6 Å². The number of hydrogen-bond acceptors (Lipinski definition) is 4. The van der Waals surface area contributed by atoms with Crippen molar-refractivity contribution in [2.45, 2.75) is 17.5 Å². The first kappa shape index (κ1) is 23.9. The molecule has 36 heavy (non-hydrogen) atoms. The summed E-state index contributed by atoms with van der Waals surface area (Å²) in [4.78, 5) is 13.1. The number of hydrogen-bond donors (Lipinski definition) is 1. The Kier molecular flexibility index (Phi) is 6.67. The number of carbonyl (C=O) groups excluding carboxylic acids is 1. The van der Waals surface area contributed by atoms with Crippen LogP contribution in [0.4, 0.5) is 5.69 Å². The van der Waals surface area contributed by atoms with Gasteiger partial charge in [-0.2, -0.15) is 0 Å². The second kappa shape index (κ2) is 10.0. The number of carbonyl (C=O) groups is 1. The van der Waals surface area contributed by atoms with Crippen LogP contribution in [0.2, 0.25) is 5.02 Å². The molecule has 1 atom stereocenters. The minimum absolute atomic E-state index is 0.111. The van der Waals surface area contributed by atoms with Crippen LogP contribution >= 0.6 is 11.6 Å². The summed E-state index contributed by atoms with van der Waals surface area (Å²) in [6.07, 6.45) is 0. The molecule has 0 spiro atoms. The van der Waals surface area contributed by atoms with E-state index in [1.54, 1.807) is 72.8 Å². The van der Waals surface area contributed by atoms with E-state index in [0.717, 1.165) is 11.1 Å². The Balaban J connectivity index is 1.55. The molecular formula is C28H23ClN2O4S. The Bertz CT molecular complexity index is 1480. The fraction of sp³-hybridized carbons (Fsp3) is 0.107. The zero-order chi connectivity index (χ0) is 25.1. The molecule has 8 heteroatoms. The zero-order valence-corrected chi connectivity index (χ0v) is 20.7. The van der Waals surface area contributed by atoms with Gasteiger partial charge in [0, 0.05) is 17.1 Å². The van der Waals surface area contributed by atoms with Crippen LogP contribution in [0.15, 0.2) is 108 Å². The highest BCUT2D eigenvalue weighted by molar-refractivity contribution is 7.92. The van der Waals surface area contributed by atoms with E-state index in [1.165, 1.54) is 4.31 Å². The average Bonchev–Trinajstić information content (AvgIpc) is 2.92. The Labute approximate surface area is 215 Å². The second-order valence-corrected chi connectivity index (χ2v) is 10.6. The highest BCUT2D eigenvalue weighted by atomic mass is 35.5. The molecular weight excluding hydrogens is 496 g/mol. The summed E-state index contributed by atoms with van der Waals surface area (Å²) in [5, 5.41) is 3.44. The van der Waals surface area contributed by atoms with Gasteiger partial charge in [0.2, 0.25) is 0 Å². The van der Waals surface area contributed by atoms with Crippen LogP contribution in [0.3, 0.4) is 0 Å². The summed E-state index contributed by atoms with van der Waals surface area (Å²) in [5.41, 5.74) is 2.32. The molecule has 1 heterocycles. The van der Waals surface area contributed by atoms with E-state index >= 15 is 0 Å². The molecule has 1 N–H and O–H groups in total. The lowest BCUT2D eigenvalue weighted by Crippen LogP contribution is -2.41. The lowest BCUT2D eigenvalue weighted by atomic mass is 10.0. The number of nitrogens with one attached hydrogen (secondary N) is 1. The smallest absolute Gasteiger partial charge is 0.265 e. The largest absolute Gasteiger partial charge is 0.489 e. The first-order valence-corrected chi connectivity index (χ1v) is 13.2. The van der Waals surface area contributed by atoms with Crippen molar-refractivity contribution in [3.05, 3.63) is 125 Å². The number of ether oxygens (including phenoxy) is 1. The first-order chi connectivity index (χ1) is 17.4. The van der Waals surface area contributed by atoms with Crippen LogP contribution in [0.25, 0.3) is 0 Å². The van der Waals surface area contributed by atoms with Gasteiger partial charge in [-0.25, -0.2) is 8.42 Å². The number of fused-ring (bicyclic) bond motifs is 1. The van der Waals surface area contributed by atoms with Gasteiger partial charge in [-0.3, -0.25) is 9.10 Å². The predicted octanol–water partition coefficient (Wildman–Crippen LogP) is 5.60. The van der Waals surface area contributed by atoms with E-state index in [4.69, 9.17) is 16.3 Å². The third-order valence-electron chi connectivity index (χ3n) is 5.99. The van der Waals surface area contributed by atoms with Crippen molar-refractivity contribution in [2.24, 2.45) is 0 Å². The fourth-order valence-electron chi connectivity index (χ4n) is 4.16. The molecule has 0 radical (unpaired) electrons. The van der Waals surface area contributed by atoms with Crippen LogP contribution in [0, 0.1) is 0 Å². The number of anilines is 1. The molecule has 1 aliphatic rings. The molecule has 4 aromatic carbocycles. The monoisotopic (exact) mass is 518 g/mol. The van der Waals surface area contributed by atoms with Gasteiger partial charge < -0.3 is 10.1 Å². The van der Waals surface area contributed by atoms with E-state index in [1.807, 2.05) is 30.3 Å². The fourth-order valence-corrected chi connectivity index (χ4v) is 5.93. The van der Waals surface area contributed by atoms with Crippen LogP contribution < -0.4 is 14.4 Å². The molecule has 5 rings (SSSR count). The topological polar surface area (TPSA) is 75.7 Å². The summed E-state index contributed by atoms with van der Waals surface area (Å²) in [6, 6.07) is 29.0. The minimum Gasteiger partial charge on any atom is -0.489 e. The van der Waals surface area contributed by atoms with Crippen molar-refractivity contribution < 1.29 is 17.9 Å².